The number of nitrogens with one attached hydrogen (secondary N) is 1. The highest BCUT2D eigenvalue weighted by atomic mass is 16.2. The van der Waals surface area contributed by atoms with Gasteiger partial charge in [0.2, 0.25) is 5.91 Å². The van der Waals surface area contributed by atoms with Crippen LogP contribution >= 0.6 is 0 Å². The van der Waals surface area contributed by atoms with Crippen LogP contribution in [0.3, 0.4) is 0 Å². The van der Waals surface area contributed by atoms with Crippen molar-refractivity contribution in [3.05, 3.63) is 0 Å². The minimum Gasteiger partial charge on any atom is -0.355 e. The maximum atomic E-state index is 11.0. The van der Waals surface area contributed by atoms with Crippen molar-refractivity contribution in [2.24, 2.45) is 0 Å². The summed E-state index contributed by atoms with van der Waals surface area (Å²) in [6.45, 7) is 3.29. The minimum atomic E-state index is -0.0267. The summed E-state index contributed by atoms with van der Waals surface area (Å²) in [6, 6.07) is 0. The van der Waals surface area contributed by atoms with Gasteiger partial charge in [0.1, 0.15) is 6.29 Å². The van der Waals surface area contributed by atoms with E-state index in [1.807, 2.05) is 6.92 Å². The standard InChI is InChI=1S/C8H16N2O2/c1-3-4-9-8(12)7-10(2)5-6-11/h6H,3-5,7H2,1-2H3,(H,9,12). The number of carbonyl (C=O) groups excluding carboxylic acids is 2. The van der Waals surface area contributed by atoms with Crippen molar-refractivity contribution in [2.75, 3.05) is 26.7 Å². The van der Waals surface area contributed by atoms with Crippen LogP contribution in [0, 0.1) is 0 Å². The summed E-state index contributed by atoms with van der Waals surface area (Å²) in [5.41, 5.74) is 0. The van der Waals surface area contributed by atoms with Gasteiger partial charge in [-0.1, -0.05) is 6.92 Å². The first-order valence-corrected chi connectivity index (χ1v) is 4.09. The highest BCUT2D eigenvalue weighted by Crippen LogP contribution is 1.79. The second kappa shape index (κ2) is 6.79. The third-order valence-electron chi connectivity index (χ3n) is 1.37. The normalized spacial score (nSPS) is 9.92. The number of rotatable bonds is 6. The Hall–Kier alpha value is -0.900. The van der Waals surface area contributed by atoms with Crippen LogP contribution in [0.2, 0.25) is 0 Å². The van der Waals surface area contributed by atoms with Crippen LogP contribution in [0.1, 0.15) is 13.3 Å². The Labute approximate surface area is 72.9 Å². The molecular weight excluding hydrogens is 156 g/mol. The number of carbonyl (C=O) groups is 2. The number of likely N-dealkylation sites (N-methyl/N-ethyl adjacent to an activating group) is 1. The van der Waals surface area contributed by atoms with Gasteiger partial charge in [0, 0.05) is 6.54 Å². The lowest BCUT2D eigenvalue weighted by Crippen LogP contribution is -2.36. The zero-order valence-electron chi connectivity index (χ0n) is 7.67. The smallest absolute Gasteiger partial charge is 0.234 e. The van der Waals surface area contributed by atoms with Crippen molar-refractivity contribution in [2.45, 2.75) is 13.3 Å². The lowest BCUT2D eigenvalue weighted by molar-refractivity contribution is -0.122. The second-order valence-corrected chi connectivity index (χ2v) is 2.71. The molecule has 0 bridgehead atoms. The number of hydrogen-bond acceptors (Lipinski definition) is 3. The molecule has 0 spiro atoms. The van der Waals surface area contributed by atoms with Crippen LogP contribution in [0.25, 0.3) is 0 Å². The summed E-state index contributed by atoms with van der Waals surface area (Å²) < 4.78 is 0. The van der Waals surface area contributed by atoms with E-state index in [4.69, 9.17) is 0 Å². The van der Waals surface area contributed by atoms with Gasteiger partial charge in [-0.05, 0) is 13.5 Å². The zero-order valence-corrected chi connectivity index (χ0v) is 7.67. The molecule has 0 heterocycles. The number of aldehydes is 1. The lowest BCUT2D eigenvalue weighted by Gasteiger charge is -2.11. The molecular formula is C8H16N2O2. The fraction of sp³-hybridized carbons (Fsp3) is 0.750. The maximum absolute atomic E-state index is 11.0. The molecule has 0 radical (unpaired) electrons. The van der Waals surface area contributed by atoms with Crippen LogP contribution in [0.15, 0.2) is 0 Å². The Bertz CT molecular complexity index is 148. The Balaban J connectivity index is 3.46. The van der Waals surface area contributed by atoms with E-state index in [1.165, 1.54) is 0 Å². The topological polar surface area (TPSA) is 49.4 Å². The summed E-state index contributed by atoms with van der Waals surface area (Å²) in [4.78, 5) is 22.7. The van der Waals surface area contributed by atoms with E-state index in [0.29, 0.717) is 19.6 Å². The molecule has 0 saturated carbocycles. The molecule has 0 atom stereocenters. The van der Waals surface area contributed by atoms with Gasteiger partial charge < -0.3 is 10.1 Å². The first-order valence-electron chi connectivity index (χ1n) is 4.09. The minimum absolute atomic E-state index is 0.0267. The molecule has 0 aliphatic rings. The van der Waals surface area contributed by atoms with Gasteiger partial charge in [-0.15, -0.1) is 0 Å². The lowest BCUT2D eigenvalue weighted by atomic mass is 10.4. The van der Waals surface area contributed by atoms with Gasteiger partial charge in [0.15, 0.2) is 0 Å². The molecule has 0 rings (SSSR count). The molecule has 0 aliphatic carbocycles. The van der Waals surface area contributed by atoms with E-state index in [-0.39, 0.29) is 5.91 Å². The van der Waals surface area contributed by atoms with Crippen molar-refractivity contribution in [3.8, 4) is 0 Å². The molecule has 0 aromatic rings. The van der Waals surface area contributed by atoms with E-state index in [9.17, 15) is 9.59 Å². The Kier molecular flexibility index (Phi) is 6.28. The van der Waals surface area contributed by atoms with Crippen molar-refractivity contribution < 1.29 is 9.59 Å². The molecule has 1 amide bonds. The Morgan fingerprint density at radius 3 is 2.75 bits per heavy atom. The van der Waals surface area contributed by atoms with Crippen LogP contribution < -0.4 is 5.32 Å². The van der Waals surface area contributed by atoms with Crippen molar-refractivity contribution in [3.63, 3.8) is 0 Å². The molecule has 0 aromatic carbocycles. The molecule has 0 saturated heterocycles. The van der Waals surface area contributed by atoms with Crippen molar-refractivity contribution >= 4 is 12.2 Å². The summed E-state index contributed by atoms with van der Waals surface area (Å²) in [6.07, 6.45) is 1.72. The zero-order chi connectivity index (χ0) is 9.40. The third kappa shape index (κ3) is 5.85. The molecule has 0 fully saturated rings. The van der Waals surface area contributed by atoms with Gasteiger partial charge in [-0.25, -0.2) is 0 Å². The number of nitrogens with zero attached hydrogens (tertiary/aromatic N) is 1. The Morgan fingerprint density at radius 2 is 2.25 bits per heavy atom. The second-order valence-electron chi connectivity index (χ2n) is 2.71. The maximum Gasteiger partial charge on any atom is 0.234 e. The monoisotopic (exact) mass is 172 g/mol. The summed E-state index contributed by atoms with van der Waals surface area (Å²) in [5.74, 6) is -0.0267. The van der Waals surface area contributed by atoms with Crippen molar-refractivity contribution in [1.82, 2.24) is 10.2 Å². The number of amides is 1. The molecule has 0 aromatic heterocycles. The SMILES string of the molecule is CCCNC(=O)CN(C)CC=O. The average molecular weight is 172 g/mol. The Morgan fingerprint density at radius 1 is 1.58 bits per heavy atom. The number of hydrogen-bond donors (Lipinski definition) is 1. The van der Waals surface area contributed by atoms with E-state index < -0.39 is 0 Å². The van der Waals surface area contributed by atoms with Gasteiger partial charge in [-0.3, -0.25) is 9.69 Å². The predicted molar refractivity (Wildman–Crippen MR) is 46.9 cm³/mol. The molecule has 1 N–H and O–H groups in total. The van der Waals surface area contributed by atoms with E-state index in [0.717, 1.165) is 12.7 Å². The van der Waals surface area contributed by atoms with Gasteiger partial charge in [0.25, 0.3) is 0 Å². The molecule has 0 aliphatic heterocycles. The van der Waals surface area contributed by atoms with Crippen LogP contribution in [-0.2, 0) is 9.59 Å². The van der Waals surface area contributed by atoms with E-state index >= 15 is 0 Å². The summed E-state index contributed by atoms with van der Waals surface area (Å²) in [7, 11) is 1.74. The fourth-order valence-corrected chi connectivity index (χ4v) is 0.757. The molecule has 4 nitrogen and oxygen atoms in total. The quantitative estimate of drug-likeness (QED) is 0.557. The van der Waals surface area contributed by atoms with Crippen molar-refractivity contribution in [1.29, 1.82) is 0 Å². The highest BCUT2D eigenvalue weighted by Gasteiger charge is 2.03. The van der Waals surface area contributed by atoms with Gasteiger partial charge >= 0.3 is 0 Å². The highest BCUT2D eigenvalue weighted by molar-refractivity contribution is 5.78. The van der Waals surface area contributed by atoms with E-state index in [1.54, 1.807) is 11.9 Å². The van der Waals surface area contributed by atoms with Crippen LogP contribution in [0.4, 0.5) is 0 Å². The van der Waals surface area contributed by atoms with Crippen LogP contribution in [-0.4, -0.2) is 43.8 Å². The first kappa shape index (κ1) is 11.1. The summed E-state index contributed by atoms with van der Waals surface area (Å²) >= 11 is 0. The fourth-order valence-electron chi connectivity index (χ4n) is 0.757. The molecule has 70 valence electrons. The van der Waals surface area contributed by atoms with Gasteiger partial charge in [-0.2, -0.15) is 0 Å². The average Bonchev–Trinajstić information content (AvgIpc) is 2.01. The largest absolute Gasteiger partial charge is 0.355 e. The van der Waals surface area contributed by atoms with E-state index in [2.05, 4.69) is 5.32 Å². The first-order chi connectivity index (χ1) is 5.70. The van der Waals surface area contributed by atoms with Crippen LogP contribution in [0.5, 0.6) is 0 Å². The predicted octanol–water partition coefficient (Wildman–Crippen LogP) is -0.357. The molecule has 12 heavy (non-hydrogen) atoms. The molecule has 4 heteroatoms. The van der Waals surface area contributed by atoms with Gasteiger partial charge in [0.05, 0.1) is 13.1 Å². The third-order valence-corrected chi connectivity index (χ3v) is 1.37. The molecule has 0 unspecified atom stereocenters. The summed E-state index contributed by atoms with van der Waals surface area (Å²) in [5, 5.41) is 2.73.